The van der Waals surface area contributed by atoms with Gasteiger partial charge in [-0.1, -0.05) is 18.2 Å². The van der Waals surface area contributed by atoms with Gasteiger partial charge in [-0.2, -0.15) is 5.10 Å². The highest BCUT2D eigenvalue weighted by Gasteiger charge is 2.49. The quantitative estimate of drug-likeness (QED) is 0.669. The third kappa shape index (κ3) is 2.86. The van der Waals surface area contributed by atoms with Gasteiger partial charge in [-0.3, -0.25) is 9.59 Å². The molecule has 5 rings (SSSR count). The van der Waals surface area contributed by atoms with Crippen LogP contribution in [0.3, 0.4) is 0 Å². The molecular formula is C21H20FN5O2. The third-order valence-corrected chi connectivity index (χ3v) is 6.07. The van der Waals surface area contributed by atoms with Gasteiger partial charge in [-0.25, -0.2) is 13.9 Å². The van der Waals surface area contributed by atoms with Crippen molar-refractivity contribution in [3.05, 3.63) is 65.9 Å². The van der Waals surface area contributed by atoms with Gasteiger partial charge in [-0.05, 0) is 29.8 Å². The van der Waals surface area contributed by atoms with E-state index < -0.39 is 0 Å². The van der Waals surface area contributed by atoms with Crippen LogP contribution < -0.4 is 0 Å². The summed E-state index contributed by atoms with van der Waals surface area (Å²) < 4.78 is 15.4. The molecular weight excluding hydrogens is 373 g/mol. The van der Waals surface area contributed by atoms with Crippen LogP contribution in [-0.4, -0.2) is 55.8 Å². The number of pyridine rings is 1. The summed E-state index contributed by atoms with van der Waals surface area (Å²) >= 11 is 0. The zero-order valence-corrected chi connectivity index (χ0v) is 15.9. The minimum Gasteiger partial charge on any atom is -0.337 e. The average molecular weight is 393 g/mol. The molecule has 0 unspecified atom stereocenters. The highest BCUT2D eigenvalue weighted by atomic mass is 19.1. The average Bonchev–Trinajstić information content (AvgIpc) is 3.40. The summed E-state index contributed by atoms with van der Waals surface area (Å²) in [6, 6.07) is 11.5. The van der Waals surface area contributed by atoms with Crippen molar-refractivity contribution in [2.75, 3.05) is 19.6 Å². The second kappa shape index (κ2) is 6.65. The topological polar surface area (TPSA) is 70.8 Å². The predicted octanol–water partition coefficient (Wildman–Crippen LogP) is 2.16. The largest absolute Gasteiger partial charge is 0.337 e. The zero-order valence-electron chi connectivity index (χ0n) is 15.9. The van der Waals surface area contributed by atoms with Crippen molar-refractivity contribution < 1.29 is 14.0 Å². The molecule has 2 fully saturated rings. The first-order valence-corrected chi connectivity index (χ1v) is 9.63. The van der Waals surface area contributed by atoms with Gasteiger partial charge >= 0.3 is 0 Å². The molecule has 148 valence electrons. The van der Waals surface area contributed by atoms with Crippen molar-refractivity contribution in [2.45, 2.75) is 13.0 Å². The van der Waals surface area contributed by atoms with Crippen LogP contribution >= 0.6 is 0 Å². The predicted molar refractivity (Wildman–Crippen MR) is 102 cm³/mol. The van der Waals surface area contributed by atoms with E-state index in [2.05, 4.69) is 10.1 Å². The van der Waals surface area contributed by atoms with E-state index in [9.17, 15) is 14.0 Å². The smallest absolute Gasteiger partial charge is 0.272 e. The van der Waals surface area contributed by atoms with Gasteiger partial charge in [-0.15, -0.1) is 0 Å². The van der Waals surface area contributed by atoms with E-state index in [1.165, 1.54) is 18.5 Å². The second-order valence-corrected chi connectivity index (χ2v) is 7.75. The Kier molecular flexibility index (Phi) is 4.08. The lowest BCUT2D eigenvalue weighted by Crippen LogP contribution is -2.37. The Morgan fingerprint density at radius 1 is 1.10 bits per heavy atom. The standard InChI is InChI=1S/C21H20FN5O2/c1-13(28)26-10-15-9-25(11-17(15)20(26)14-4-2-5-16(22)8-14)21(29)18-6-3-7-19-23-12-24-27(18)19/h2-8,12,15,17,20H,9-11H2,1H3/t15-,17-,20+/m1/s1. The Hall–Kier alpha value is -3.29. The van der Waals surface area contributed by atoms with Crippen molar-refractivity contribution >= 4 is 17.5 Å². The minimum atomic E-state index is -0.321. The first-order valence-electron chi connectivity index (χ1n) is 9.63. The molecule has 0 saturated carbocycles. The number of carbonyl (C=O) groups is 2. The number of fused-ring (bicyclic) bond motifs is 2. The molecule has 0 spiro atoms. The van der Waals surface area contributed by atoms with Crippen LogP contribution in [0.2, 0.25) is 0 Å². The van der Waals surface area contributed by atoms with Gasteiger partial charge in [0.25, 0.3) is 5.91 Å². The maximum absolute atomic E-state index is 13.9. The molecule has 7 nitrogen and oxygen atoms in total. The molecule has 1 aromatic carbocycles. The summed E-state index contributed by atoms with van der Waals surface area (Å²) in [5, 5.41) is 4.15. The fourth-order valence-electron chi connectivity index (χ4n) is 4.82. The van der Waals surface area contributed by atoms with Crippen molar-refractivity contribution in [3.63, 3.8) is 0 Å². The summed E-state index contributed by atoms with van der Waals surface area (Å²) in [5.41, 5.74) is 1.86. The molecule has 2 aromatic heterocycles. The summed E-state index contributed by atoms with van der Waals surface area (Å²) in [6.45, 7) is 3.18. The number of carbonyl (C=O) groups excluding carboxylic acids is 2. The van der Waals surface area contributed by atoms with Gasteiger partial charge in [0.15, 0.2) is 5.65 Å². The van der Waals surface area contributed by atoms with E-state index >= 15 is 0 Å². The number of benzene rings is 1. The lowest BCUT2D eigenvalue weighted by Gasteiger charge is -2.29. The summed E-state index contributed by atoms with van der Waals surface area (Å²) in [7, 11) is 0. The van der Waals surface area contributed by atoms with Gasteiger partial charge in [0.2, 0.25) is 5.91 Å². The summed E-state index contributed by atoms with van der Waals surface area (Å²) in [6.07, 6.45) is 1.43. The maximum Gasteiger partial charge on any atom is 0.272 e. The fourth-order valence-corrected chi connectivity index (χ4v) is 4.82. The molecule has 2 aliphatic heterocycles. The normalized spacial score (nSPS) is 23.6. The third-order valence-electron chi connectivity index (χ3n) is 6.07. The van der Waals surface area contributed by atoms with E-state index in [4.69, 9.17) is 0 Å². The molecule has 8 heteroatoms. The summed E-state index contributed by atoms with van der Waals surface area (Å²) in [5.74, 6) is -0.231. The van der Waals surface area contributed by atoms with Crippen LogP contribution in [0.15, 0.2) is 48.8 Å². The van der Waals surface area contributed by atoms with Gasteiger partial charge in [0.1, 0.15) is 17.8 Å². The number of nitrogens with zero attached hydrogens (tertiary/aromatic N) is 5. The molecule has 3 aromatic rings. The Morgan fingerprint density at radius 3 is 2.72 bits per heavy atom. The van der Waals surface area contributed by atoms with Crippen LogP contribution in [0.4, 0.5) is 4.39 Å². The first-order chi connectivity index (χ1) is 14.0. The highest BCUT2D eigenvalue weighted by Crippen LogP contribution is 2.45. The van der Waals surface area contributed by atoms with Gasteiger partial charge < -0.3 is 9.80 Å². The van der Waals surface area contributed by atoms with Crippen molar-refractivity contribution in [2.24, 2.45) is 11.8 Å². The number of hydrogen-bond acceptors (Lipinski definition) is 4. The monoisotopic (exact) mass is 393 g/mol. The van der Waals surface area contributed by atoms with E-state index in [0.29, 0.717) is 31.0 Å². The summed E-state index contributed by atoms with van der Waals surface area (Å²) in [4.78, 5) is 33.2. The Labute approximate surface area is 166 Å². The van der Waals surface area contributed by atoms with Gasteiger partial charge in [0.05, 0.1) is 6.04 Å². The first kappa shape index (κ1) is 17.8. The van der Waals surface area contributed by atoms with Crippen LogP contribution in [0.5, 0.6) is 0 Å². The second-order valence-electron chi connectivity index (χ2n) is 7.75. The zero-order chi connectivity index (χ0) is 20.1. The van der Waals surface area contributed by atoms with Crippen LogP contribution in [0.1, 0.15) is 29.0 Å². The van der Waals surface area contributed by atoms with Crippen molar-refractivity contribution in [1.29, 1.82) is 0 Å². The molecule has 0 N–H and O–H groups in total. The van der Waals surface area contributed by atoms with Gasteiger partial charge in [0, 0.05) is 38.4 Å². The van der Waals surface area contributed by atoms with Crippen LogP contribution in [-0.2, 0) is 4.79 Å². The Bertz CT molecular complexity index is 1110. The van der Waals surface area contributed by atoms with Crippen molar-refractivity contribution in [1.82, 2.24) is 24.4 Å². The molecule has 29 heavy (non-hydrogen) atoms. The highest BCUT2D eigenvalue weighted by molar-refractivity contribution is 5.93. The van der Waals surface area contributed by atoms with Crippen LogP contribution in [0, 0.1) is 17.7 Å². The fraction of sp³-hybridized carbons (Fsp3) is 0.333. The Morgan fingerprint density at radius 2 is 1.93 bits per heavy atom. The number of halogens is 1. The molecule has 2 saturated heterocycles. The molecule has 4 heterocycles. The Balaban J connectivity index is 1.45. The number of aromatic nitrogens is 3. The maximum atomic E-state index is 13.9. The number of amides is 2. The molecule has 0 bridgehead atoms. The van der Waals surface area contributed by atoms with Crippen LogP contribution in [0.25, 0.3) is 5.65 Å². The number of hydrogen-bond donors (Lipinski definition) is 0. The SMILES string of the molecule is CC(=O)N1C[C@H]2CN(C(=O)c3cccc4ncnn34)C[C@H]2[C@@H]1c1cccc(F)c1. The lowest BCUT2D eigenvalue weighted by atomic mass is 9.89. The van der Waals surface area contributed by atoms with E-state index in [1.54, 1.807) is 35.7 Å². The van der Waals surface area contributed by atoms with E-state index in [0.717, 1.165) is 5.56 Å². The lowest BCUT2D eigenvalue weighted by molar-refractivity contribution is -0.130. The minimum absolute atomic E-state index is 0.0288. The molecule has 3 atom stereocenters. The van der Waals surface area contributed by atoms with E-state index in [1.807, 2.05) is 15.9 Å². The molecule has 0 aliphatic carbocycles. The number of rotatable bonds is 2. The van der Waals surface area contributed by atoms with Crippen molar-refractivity contribution in [3.8, 4) is 0 Å². The molecule has 2 amide bonds. The van der Waals surface area contributed by atoms with E-state index in [-0.39, 0.29) is 35.5 Å². The molecule has 2 aliphatic rings. The number of likely N-dealkylation sites (tertiary alicyclic amines) is 2. The molecule has 0 radical (unpaired) electrons.